The molecule has 0 aliphatic carbocycles. The van der Waals surface area contributed by atoms with Gasteiger partial charge in [-0.15, -0.1) is 0 Å². The third kappa shape index (κ3) is 3.94. The van der Waals surface area contributed by atoms with Gasteiger partial charge in [0.2, 0.25) is 10.0 Å². The van der Waals surface area contributed by atoms with Gasteiger partial charge in [0.25, 0.3) is 0 Å². The van der Waals surface area contributed by atoms with Crippen LogP contribution in [0.2, 0.25) is 0 Å². The minimum atomic E-state index is -3.68. The number of thioether (sulfide) groups is 1. The average molecular weight is 318 g/mol. The second-order valence-corrected chi connectivity index (χ2v) is 7.65. The molecule has 1 saturated heterocycles. The zero-order chi connectivity index (χ0) is 14.6. The van der Waals surface area contributed by atoms with E-state index in [4.69, 9.17) is 0 Å². The summed E-state index contributed by atoms with van der Waals surface area (Å²) in [5, 5.41) is 2.90. The lowest BCUT2D eigenvalue weighted by Crippen LogP contribution is -2.38. The van der Waals surface area contributed by atoms with Crippen molar-refractivity contribution in [1.82, 2.24) is 10.0 Å². The molecule has 112 valence electrons. The van der Waals surface area contributed by atoms with Crippen LogP contribution in [0.1, 0.15) is 18.4 Å². The maximum Gasteiger partial charge on any atom is 0.241 e. The topological polar surface area (TPSA) is 58.2 Å². The molecule has 2 rings (SSSR count). The molecule has 1 atom stereocenters. The third-order valence-corrected chi connectivity index (χ3v) is 5.99. The fourth-order valence-corrected chi connectivity index (χ4v) is 4.93. The van der Waals surface area contributed by atoms with Gasteiger partial charge in [-0.1, -0.05) is 6.07 Å². The number of sulfonamides is 1. The summed E-state index contributed by atoms with van der Waals surface area (Å²) in [6, 6.07) is 3.81. The lowest BCUT2D eigenvalue weighted by Gasteiger charge is -2.23. The summed E-state index contributed by atoms with van der Waals surface area (Å²) < 4.78 is 40.9. The van der Waals surface area contributed by atoms with Gasteiger partial charge in [-0.05, 0) is 43.3 Å². The standard InChI is InChI=1S/C13H19FN2O2S2/c1-15-8-10-4-5-11(14)7-13(10)20(17,18)16-12-3-2-6-19-9-12/h4-5,7,12,15-16H,2-3,6,8-9H2,1H3. The van der Waals surface area contributed by atoms with Gasteiger partial charge in [0, 0.05) is 18.3 Å². The van der Waals surface area contributed by atoms with E-state index in [9.17, 15) is 12.8 Å². The number of halogens is 1. The molecule has 0 aromatic heterocycles. The van der Waals surface area contributed by atoms with E-state index in [1.807, 2.05) is 0 Å². The summed E-state index contributed by atoms with van der Waals surface area (Å²) >= 11 is 1.74. The summed E-state index contributed by atoms with van der Waals surface area (Å²) in [4.78, 5) is 0.0300. The van der Waals surface area contributed by atoms with Crippen LogP contribution in [0, 0.1) is 5.82 Å². The third-order valence-electron chi connectivity index (χ3n) is 3.17. The fourth-order valence-electron chi connectivity index (χ4n) is 2.23. The zero-order valence-electron chi connectivity index (χ0n) is 11.4. The molecule has 4 nitrogen and oxygen atoms in total. The molecule has 1 unspecified atom stereocenters. The van der Waals surface area contributed by atoms with Crippen molar-refractivity contribution in [3.8, 4) is 0 Å². The van der Waals surface area contributed by atoms with Crippen LogP contribution >= 0.6 is 11.8 Å². The predicted octanol–water partition coefficient (Wildman–Crippen LogP) is 1.72. The Labute approximate surface area is 123 Å². The monoisotopic (exact) mass is 318 g/mol. The van der Waals surface area contributed by atoms with Crippen LogP contribution in [0.5, 0.6) is 0 Å². The van der Waals surface area contributed by atoms with Gasteiger partial charge < -0.3 is 5.32 Å². The van der Waals surface area contributed by atoms with Crippen molar-refractivity contribution in [2.24, 2.45) is 0 Å². The van der Waals surface area contributed by atoms with E-state index in [0.717, 1.165) is 30.4 Å². The molecule has 1 aliphatic rings. The summed E-state index contributed by atoms with van der Waals surface area (Å²) in [6.45, 7) is 0.385. The molecule has 1 aromatic rings. The van der Waals surface area contributed by atoms with E-state index >= 15 is 0 Å². The van der Waals surface area contributed by atoms with E-state index in [1.165, 1.54) is 12.1 Å². The van der Waals surface area contributed by atoms with Crippen LogP contribution < -0.4 is 10.0 Å². The molecular formula is C13H19FN2O2S2. The molecular weight excluding hydrogens is 299 g/mol. The van der Waals surface area contributed by atoms with Crippen molar-refractivity contribution in [3.05, 3.63) is 29.6 Å². The second kappa shape index (κ2) is 6.89. The van der Waals surface area contributed by atoms with E-state index in [-0.39, 0.29) is 10.9 Å². The van der Waals surface area contributed by atoms with E-state index in [1.54, 1.807) is 18.8 Å². The molecule has 20 heavy (non-hydrogen) atoms. The highest BCUT2D eigenvalue weighted by molar-refractivity contribution is 7.99. The van der Waals surface area contributed by atoms with Gasteiger partial charge >= 0.3 is 0 Å². The smallest absolute Gasteiger partial charge is 0.241 e. The van der Waals surface area contributed by atoms with Crippen LogP contribution in [-0.2, 0) is 16.6 Å². The Morgan fingerprint density at radius 2 is 2.25 bits per heavy atom. The fraction of sp³-hybridized carbons (Fsp3) is 0.538. The highest BCUT2D eigenvalue weighted by atomic mass is 32.2. The maximum absolute atomic E-state index is 13.4. The predicted molar refractivity (Wildman–Crippen MR) is 79.8 cm³/mol. The van der Waals surface area contributed by atoms with Gasteiger partial charge in [0.05, 0.1) is 4.90 Å². The van der Waals surface area contributed by atoms with Crippen molar-refractivity contribution in [1.29, 1.82) is 0 Å². The Balaban J connectivity index is 2.25. The second-order valence-electron chi connectivity index (χ2n) is 4.82. The number of nitrogens with one attached hydrogen (secondary N) is 2. The average Bonchev–Trinajstić information content (AvgIpc) is 2.41. The van der Waals surface area contributed by atoms with Gasteiger partial charge in [-0.2, -0.15) is 11.8 Å². The van der Waals surface area contributed by atoms with Gasteiger partial charge in [0.15, 0.2) is 0 Å². The molecule has 1 fully saturated rings. The van der Waals surface area contributed by atoms with Crippen LogP contribution in [0.3, 0.4) is 0 Å². The molecule has 0 spiro atoms. The van der Waals surface area contributed by atoms with Crippen LogP contribution in [0.4, 0.5) is 4.39 Å². The first-order valence-electron chi connectivity index (χ1n) is 6.56. The van der Waals surface area contributed by atoms with E-state index < -0.39 is 15.8 Å². The first-order valence-corrected chi connectivity index (χ1v) is 9.20. The normalized spacial score (nSPS) is 20.0. The van der Waals surface area contributed by atoms with Gasteiger partial charge in [-0.25, -0.2) is 17.5 Å². The molecule has 0 saturated carbocycles. The SMILES string of the molecule is CNCc1ccc(F)cc1S(=O)(=O)NC1CCCSC1. The minimum absolute atomic E-state index is 0.0300. The molecule has 7 heteroatoms. The Kier molecular flexibility index (Phi) is 5.42. The Bertz CT molecular complexity index is 557. The van der Waals surface area contributed by atoms with E-state index in [0.29, 0.717) is 12.1 Å². The zero-order valence-corrected chi connectivity index (χ0v) is 13.0. The Morgan fingerprint density at radius 1 is 1.45 bits per heavy atom. The van der Waals surface area contributed by atoms with Crippen LogP contribution in [0.15, 0.2) is 23.1 Å². The number of benzene rings is 1. The molecule has 1 aliphatic heterocycles. The first-order chi connectivity index (χ1) is 9.53. The largest absolute Gasteiger partial charge is 0.316 e. The van der Waals surface area contributed by atoms with Crippen molar-refractivity contribution < 1.29 is 12.8 Å². The van der Waals surface area contributed by atoms with Crippen molar-refractivity contribution in [3.63, 3.8) is 0 Å². The minimum Gasteiger partial charge on any atom is -0.316 e. The lowest BCUT2D eigenvalue weighted by molar-refractivity contribution is 0.540. The van der Waals surface area contributed by atoms with Gasteiger partial charge in [0.1, 0.15) is 5.82 Å². The first kappa shape index (κ1) is 15.8. The molecule has 0 bridgehead atoms. The van der Waals surface area contributed by atoms with Crippen LogP contribution in [-0.4, -0.2) is 33.0 Å². The molecule has 1 heterocycles. The van der Waals surface area contributed by atoms with Crippen molar-refractivity contribution in [2.75, 3.05) is 18.6 Å². The van der Waals surface area contributed by atoms with Crippen molar-refractivity contribution in [2.45, 2.75) is 30.3 Å². The molecule has 0 amide bonds. The van der Waals surface area contributed by atoms with E-state index in [2.05, 4.69) is 10.0 Å². The Hall–Kier alpha value is -0.630. The maximum atomic E-state index is 13.4. The Morgan fingerprint density at radius 3 is 2.90 bits per heavy atom. The highest BCUT2D eigenvalue weighted by Crippen LogP contribution is 2.21. The summed E-state index contributed by atoms with van der Waals surface area (Å²) in [7, 11) is -1.95. The number of hydrogen-bond donors (Lipinski definition) is 2. The number of hydrogen-bond acceptors (Lipinski definition) is 4. The lowest BCUT2D eigenvalue weighted by atomic mass is 10.2. The highest BCUT2D eigenvalue weighted by Gasteiger charge is 2.24. The summed E-state index contributed by atoms with van der Waals surface area (Å²) in [5.41, 5.74) is 0.574. The number of rotatable bonds is 5. The summed E-state index contributed by atoms with van der Waals surface area (Å²) in [6.07, 6.45) is 1.84. The molecule has 1 aromatic carbocycles. The molecule has 2 N–H and O–H groups in total. The summed E-state index contributed by atoms with van der Waals surface area (Å²) in [5.74, 6) is 1.31. The van der Waals surface area contributed by atoms with Crippen molar-refractivity contribution >= 4 is 21.8 Å². The van der Waals surface area contributed by atoms with Crippen LogP contribution in [0.25, 0.3) is 0 Å². The quantitative estimate of drug-likeness (QED) is 0.868. The van der Waals surface area contributed by atoms with Gasteiger partial charge in [-0.3, -0.25) is 0 Å². The molecule has 0 radical (unpaired) electrons.